The molecule has 0 bridgehead atoms. The maximum Gasteiger partial charge on any atom is 0.178 e. The highest BCUT2D eigenvalue weighted by atomic mass is 19.1. The molecule has 0 atom stereocenters. The quantitative estimate of drug-likeness (QED) is 0.450. The SMILES string of the molecule is N#Cc1nc(NN)ccc1F. The lowest BCUT2D eigenvalue weighted by molar-refractivity contribution is 0.617. The monoisotopic (exact) mass is 152 g/mol. The minimum absolute atomic E-state index is 0.263. The van der Waals surface area contributed by atoms with Gasteiger partial charge in [0.2, 0.25) is 0 Å². The molecule has 0 aromatic carbocycles. The third-order valence-corrected chi connectivity index (χ3v) is 1.10. The smallest absolute Gasteiger partial charge is 0.178 e. The zero-order chi connectivity index (χ0) is 8.27. The van der Waals surface area contributed by atoms with Crippen molar-refractivity contribution in [2.45, 2.75) is 0 Å². The molecule has 0 aliphatic carbocycles. The van der Waals surface area contributed by atoms with E-state index in [1.165, 1.54) is 6.07 Å². The first-order valence-electron chi connectivity index (χ1n) is 2.81. The fourth-order valence-electron chi connectivity index (χ4n) is 0.601. The van der Waals surface area contributed by atoms with Crippen LogP contribution in [-0.4, -0.2) is 4.98 Å². The second-order valence-electron chi connectivity index (χ2n) is 1.78. The van der Waals surface area contributed by atoms with E-state index in [-0.39, 0.29) is 11.5 Å². The Labute approximate surface area is 62.4 Å². The Kier molecular flexibility index (Phi) is 1.99. The predicted molar refractivity (Wildman–Crippen MR) is 36.7 cm³/mol. The van der Waals surface area contributed by atoms with Crippen LogP contribution in [0.4, 0.5) is 10.2 Å². The zero-order valence-corrected chi connectivity index (χ0v) is 5.50. The highest BCUT2D eigenvalue weighted by Gasteiger charge is 2.02. The van der Waals surface area contributed by atoms with E-state index in [2.05, 4.69) is 10.4 Å². The normalized spacial score (nSPS) is 8.82. The van der Waals surface area contributed by atoms with Crippen molar-refractivity contribution in [1.82, 2.24) is 4.98 Å². The number of nitrogen functional groups attached to an aromatic ring is 1. The van der Waals surface area contributed by atoms with E-state index >= 15 is 0 Å². The van der Waals surface area contributed by atoms with Gasteiger partial charge in [-0.3, -0.25) is 0 Å². The molecule has 0 unspecified atom stereocenters. The summed E-state index contributed by atoms with van der Waals surface area (Å²) < 4.78 is 12.6. The Hall–Kier alpha value is -1.67. The van der Waals surface area contributed by atoms with Crippen LogP contribution in [0.2, 0.25) is 0 Å². The van der Waals surface area contributed by atoms with Crippen LogP contribution in [0.15, 0.2) is 12.1 Å². The standard InChI is InChI=1S/C6H5FN4/c7-4-1-2-6(11-9)10-5(4)3-8/h1-2H,9H2,(H,10,11). The van der Waals surface area contributed by atoms with E-state index in [0.29, 0.717) is 0 Å². The van der Waals surface area contributed by atoms with Crippen molar-refractivity contribution in [2.24, 2.45) is 5.84 Å². The molecule has 11 heavy (non-hydrogen) atoms. The van der Waals surface area contributed by atoms with Crippen molar-refractivity contribution in [2.75, 3.05) is 5.43 Å². The van der Waals surface area contributed by atoms with Gasteiger partial charge in [0.1, 0.15) is 11.9 Å². The van der Waals surface area contributed by atoms with Crippen LogP contribution in [0.3, 0.4) is 0 Å². The topological polar surface area (TPSA) is 74.7 Å². The molecule has 56 valence electrons. The summed E-state index contributed by atoms with van der Waals surface area (Å²) in [6.07, 6.45) is 0. The summed E-state index contributed by atoms with van der Waals surface area (Å²) in [4.78, 5) is 3.54. The molecule has 0 fully saturated rings. The molecule has 0 spiro atoms. The van der Waals surface area contributed by atoms with Gasteiger partial charge in [-0.2, -0.15) is 5.26 Å². The van der Waals surface area contributed by atoms with Crippen molar-refractivity contribution < 1.29 is 4.39 Å². The van der Waals surface area contributed by atoms with E-state index in [1.807, 2.05) is 0 Å². The lowest BCUT2D eigenvalue weighted by Crippen LogP contribution is -2.09. The van der Waals surface area contributed by atoms with E-state index in [4.69, 9.17) is 11.1 Å². The Morgan fingerprint density at radius 1 is 1.64 bits per heavy atom. The van der Waals surface area contributed by atoms with Crippen LogP contribution < -0.4 is 11.3 Å². The number of nitrogens with one attached hydrogen (secondary N) is 1. The number of anilines is 1. The van der Waals surface area contributed by atoms with Crippen LogP contribution in [-0.2, 0) is 0 Å². The maximum absolute atomic E-state index is 12.6. The Morgan fingerprint density at radius 2 is 2.36 bits per heavy atom. The van der Waals surface area contributed by atoms with Crippen molar-refractivity contribution in [3.63, 3.8) is 0 Å². The summed E-state index contributed by atoms with van der Waals surface area (Å²) in [5.41, 5.74) is 1.94. The van der Waals surface area contributed by atoms with Gasteiger partial charge in [0.15, 0.2) is 11.5 Å². The third-order valence-electron chi connectivity index (χ3n) is 1.10. The van der Waals surface area contributed by atoms with Crippen molar-refractivity contribution in [3.8, 4) is 6.07 Å². The van der Waals surface area contributed by atoms with Gasteiger partial charge in [0, 0.05) is 0 Å². The van der Waals surface area contributed by atoms with Gasteiger partial charge in [0.25, 0.3) is 0 Å². The second kappa shape index (κ2) is 2.94. The van der Waals surface area contributed by atoms with Crippen molar-refractivity contribution in [3.05, 3.63) is 23.6 Å². The molecule has 1 heterocycles. The van der Waals surface area contributed by atoms with Gasteiger partial charge in [-0.05, 0) is 12.1 Å². The molecule has 1 aromatic rings. The molecule has 1 rings (SSSR count). The summed E-state index contributed by atoms with van der Waals surface area (Å²) in [5.74, 6) is 4.60. The summed E-state index contributed by atoms with van der Waals surface area (Å²) in [6.45, 7) is 0. The van der Waals surface area contributed by atoms with E-state index in [1.54, 1.807) is 6.07 Å². The molecular formula is C6H5FN4. The highest BCUT2D eigenvalue weighted by Crippen LogP contribution is 2.06. The molecule has 0 saturated carbocycles. The molecule has 0 radical (unpaired) electrons. The summed E-state index contributed by atoms with van der Waals surface area (Å²) >= 11 is 0. The van der Waals surface area contributed by atoms with E-state index < -0.39 is 5.82 Å². The zero-order valence-electron chi connectivity index (χ0n) is 5.50. The minimum atomic E-state index is -0.647. The molecule has 0 aliphatic heterocycles. The molecule has 0 amide bonds. The first-order valence-corrected chi connectivity index (χ1v) is 2.81. The van der Waals surface area contributed by atoms with Crippen molar-refractivity contribution >= 4 is 5.82 Å². The molecule has 3 N–H and O–H groups in total. The summed E-state index contributed by atoms with van der Waals surface area (Å²) in [5, 5.41) is 8.32. The van der Waals surface area contributed by atoms with Gasteiger partial charge in [-0.25, -0.2) is 15.2 Å². The number of hydrogen-bond acceptors (Lipinski definition) is 4. The molecule has 0 saturated heterocycles. The predicted octanol–water partition coefficient (Wildman–Crippen LogP) is 0.378. The number of aromatic nitrogens is 1. The third kappa shape index (κ3) is 1.42. The first kappa shape index (κ1) is 7.44. The lowest BCUT2D eigenvalue weighted by Gasteiger charge is -1.97. The number of nitriles is 1. The van der Waals surface area contributed by atoms with Gasteiger partial charge < -0.3 is 5.43 Å². The average molecular weight is 152 g/mol. The fraction of sp³-hybridized carbons (Fsp3) is 0. The minimum Gasteiger partial charge on any atom is -0.308 e. The number of hydrazine groups is 1. The Balaban J connectivity index is 3.15. The van der Waals surface area contributed by atoms with Gasteiger partial charge >= 0.3 is 0 Å². The van der Waals surface area contributed by atoms with Gasteiger partial charge in [-0.15, -0.1) is 0 Å². The Bertz CT molecular complexity index is 304. The van der Waals surface area contributed by atoms with Gasteiger partial charge in [-0.1, -0.05) is 0 Å². The fourth-order valence-corrected chi connectivity index (χ4v) is 0.601. The van der Waals surface area contributed by atoms with E-state index in [0.717, 1.165) is 6.07 Å². The highest BCUT2D eigenvalue weighted by molar-refractivity contribution is 5.37. The van der Waals surface area contributed by atoms with Crippen molar-refractivity contribution in [1.29, 1.82) is 5.26 Å². The number of halogens is 1. The maximum atomic E-state index is 12.6. The molecule has 4 nitrogen and oxygen atoms in total. The lowest BCUT2D eigenvalue weighted by atomic mass is 10.3. The molecule has 0 aliphatic rings. The summed E-state index contributed by atoms with van der Waals surface area (Å²) in [7, 11) is 0. The number of hydrogen-bond donors (Lipinski definition) is 2. The van der Waals surface area contributed by atoms with Gasteiger partial charge in [0.05, 0.1) is 0 Å². The number of rotatable bonds is 1. The molecule has 1 aromatic heterocycles. The Morgan fingerprint density at radius 3 is 2.91 bits per heavy atom. The number of nitrogens with zero attached hydrogens (tertiary/aromatic N) is 2. The van der Waals surface area contributed by atoms with Crippen LogP contribution in [0.25, 0.3) is 0 Å². The average Bonchev–Trinajstić information content (AvgIpc) is 2.05. The van der Waals surface area contributed by atoms with E-state index in [9.17, 15) is 4.39 Å². The largest absolute Gasteiger partial charge is 0.308 e. The van der Waals surface area contributed by atoms with Crippen LogP contribution in [0.5, 0.6) is 0 Å². The molecule has 5 heteroatoms. The number of pyridine rings is 1. The molecular weight excluding hydrogens is 147 g/mol. The summed E-state index contributed by atoms with van der Waals surface area (Å²) in [6, 6.07) is 4.06. The second-order valence-corrected chi connectivity index (χ2v) is 1.78. The van der Waals surface area contributed by atoms with Crippen LogP contribution >= 0.6 is 0 Å². The van der Waals surface area contributed by atoms with Crippen LogP contribution in [0.1, 0.15) is 5.69 Å². The number of nitrogens with two attached hydrogens (primary N) is 1. The van der Waals surface area contributed by atoms with Crippen LogP contribution in [0, 0.1) is 17.1 Å². The first-order chi connectivity index (χ1) is 5.27.